The molecule has 0 unspecified atom stereocenters. The van der Waals surface area contributed by atoms with Crippen LogP contribution in [0.1, 0.15) is 27.3 Å². The van der Waals surface area contributed by atoms with Crippen LogP contribution >= 0.6 is 0 Å². The van der Waals surface area contributed by atoms with E-state index in [1.165, 1.54) is 30.5 Å². The Bertz CT molecular complexity index is 701. The summed E-state index contributed by atoms with van der Waals surface area (Å²) < 4.78 is 18.2. The van der Waals surface area contributed by atoms with Gasteiger partial charge in [-0.05, 0) is 24.3 Å². The molecule has 0 spiro atoms. The molecule has 0 radical (unpaired) electrons. The van der Waals surface area contributed by atoms with Crippen LogP contribution in [0.15, 0.2) is 47.1 Å². The molecule has 2 rings (SSSR count). The van der Waals surface area contributed by atoms with Crippen LogP contribution in [0.5, 0.6) is 0 Å². The average molecular weight is 319 g/mol. The van der Waals surface area contributed by atoms with Crippen molar-refractivity contribution in [3.63, 3.8) is 0 Å². The molecular weight excluding hydrogens is 305 g/mol. The molecule has 0 aliphatic carbocycles. The summed E-state index contributed by atoms with van der Waals surface area (Å²) in [6.07, 6.45) is 1.30. The molecule has 3 N–H and O–H groups in total. The topological polar surface area (TPSA) is 100 Å². The third kappa shape index (κ3) is 4.67. The lowest BCUT2D eigenvalue weighted by Gasteiger charge is -2.08. The van der Waals surface area contributed by atoms with Crippen molar-refractivity contribution in [2.24, 2.45) is 0 Å². The van der Waals surface area contributed by atoms with Gasteiger partial charge in [-0.1, -0.05) is 12.1 Å². The number of rotatable bonds is 5. The standard InChI is InChI=1S/C15H14FN3O4/c16-11-5-2-1-4-10(11)14(21)19-18-13(20)7-8-17-15(22)12-6-3-9-23-12/h1-6,9H,7-8H2,(H,17,22)(H,18,20)(H,19,21). The van der Waals surface area contributed by atoms with E-state index < -0.39 is 23.5 Å². The number of hydrogen-bond acceptors (Lipinski definition) is 4. The number of halogens is 1. The van der Waals surface area contributed by atoms with Gasteiger partial charge in [0.2, 0.25) is 5.91 Å². The minimum absolute atomic E-state index is 0.0565. The van der Waals surface area contributed by atoms with Crippen molar-refractivity contribution in [1.82, 2.24) is 16.2 Å². The summed E-state index contributed by atoms with van der Waals surface area (Å²) in [4.78, 5) is 34.7. The third-order valence-electron chi connectivity index (χ3n) is 2.82. The number of carbonyl (C=O) groups excluding carboxylic acids is 3. The summed E-state index contributed by atoms with van der Waals surface area (Å²) in [6, 6.07) is 8.45. The van der Waals surface area contributed by atoms with Gasteiger partial charge in [-0.25, -0.2) is 4.39 Å². The van der Waals surface area contributed by atoms with E-state index in [2.05, 4.69) is 16.2 Å². The molecule has 0 aliphatic rings. The summed E-state index contributed by atoms with van der Waals surface area (Å²) in [5, 5.41) is 2.48. The first kappa shape index (κ1) is 16.2. The number of hydrogen-bond donors (Lipinski definition) is 3. The van der Waals surface area contributed by atoms with Crippen molar-refractivity contribution >= 4 is 17.7 Å². The highest BCUT2D eigenvalue weighted by atomic mass is 19.1. The van der Waals surface area contributed by atoms with Gasteiger partial charge in [-0.3, -0.25) is 25.2 Å². The van der Waals surface area contributed by atoms with E-state index in [0.29, 0.717) is 0 Å². The molecule has 120 valence electrons. The van der Waals surface area contributed by atoms with Crippen LogP contribution in [0.4, 0.5) is 4.39 Å². The zero-order valence-corrected chi connectivity index (χ0v) is 12.0. The molecule has 0 atom stereocenters. The van der Waals surface area contributed by atoms with E-state index >= 15 is 0 Å². The van der Waals surface area contributed by atoms with Crippen molar-refractivity contribution < 1.29 is 23.2 Å². The number of hydrazine groups is 1. The Kier molecular flexibility index (Phi) is 5.45. The van der Waals surface area contributed by atoms with Gasteiger partial charge in [0, 0.05) is 13.0 Å². The second-order valence-corrected chi connectivity index (χ2v) is 4.47. The van der Waals surface area contributed by atoms with Crippen LogP contribution < -0.4 is 16.2 Å². The SMILES string of the molecule is O=C(CCNC(=O)c1ccco1)NNC(=O)c1ccccc1F. The molecule has 23 heavy (non-hydrogen) atoms. The molecule has 0 bridgehead atoms. The lowest BCUT2D eigenvalue weighted by Crippen LogP contribution is -2.43. The van der Waals surface area contributed by atoms with Crippen LogP contribution in [0.2, 0.25) is 0 Å². The van der Waals surface area contributed by atoms with E-state index in [-0.39, 0.29) is 24.3 Å². The Morgan fingerprint density at radius 3 is 2.48 bits per heavy atom. The first-order valence-electron chi connectivity index (χ1n) is 6.73. The Morgan fingerprint density at radius 2 is 1.78 bits per heavy atom. The van der Waals surface area contributed by atoms with Gasteiger partial charge in [-0.2, -0.15) is 0 Å². The highest BCUT2D eigenvalue weighted by Gasteiger charge is 2.12. The van der Waals surface area contributed by atoms with Crippen LogP contribution in [-0.4, -0.2) is 24.3 Å². The van der Waals surface area contributed by atoms with Gasteiger partial charge in [0.25, 0.3) is 11.8 Å². The fourth-order valence-corrected chi connectivity index (χ4v) is 1.69. The Labute approximate surface area is 130 Å². The van der Waals surface area contributed by atoms with Crippen molar-refractivity contribution in [3.05, 3.63) is 59.8 Å². The molecule has 1 heterocycles. The van der Waals surface area contributed by atoms with Gasteiger partial charge >= 0.3 is 0 Å². The molecule has 8 heteroatoms. The molecule has 0 saturated heterocycles. The number of carbonyl (C=O) groups is 3. The van der Waals surface area contributed by atoms with E-state index in [0.717, 1.165) is 6.07 Å². The lowest BCUT2D eigenvalue weighted by molar-refractivity contribution is -0.121. The van der Waals surface area contributed by atoms with Gasteiger partial charge in [0.15, 0.2) is 5.76 Å². The van der Waals surface area contributed by atoms with Crippen LogP contribution in [0.3, 0.4) is 0 Å². The van der Waals surface area contributed by atoms with Gasteiger partial charge in [0.1, 0.15) is 5.82 Å². The van der Waals surface area contributed by atoms with Gasteiger partial charge in [0.05, 0.1) is 11.8 Å². The summed E-state index contributed by atoms with van der Waals surface area (Å²) in [7, 11) is 0. The maximum Gasteiger partial charge on any atom is 0.286 e. The molecule has 2 aromatic rings. The fraction of sp³-hybridized carbons (Fsp3) is 0.133. The largest absolute Gasteiger partial charge is 0.459 e. The van der Waals surface area contributed by atoms with Gasteiger partial charge in [-0.15, -0.1) is 0 Å². The normalized spacial score (nSPS) is 9.96. The number of amides is 3. The monoisotopic (exact) mass is 319 g/mol. The quantitative estimate of drug-likeness (QED) is 0.716. The zero-order chi connectivity index (χ0) is 16.7. The summed E-state index contributed by atoms with van der Waals surface area (Å²) in [5.74, 6) is -2.30. The predicted octanol–water partition coefficient (Wildman–Crippen LogP) is 1.000. The third-order valence-corrected chi connectivity index (χ3v) is 2.82. The minimum atomic E-state index is -0.768. The highest BCUT2D eigenvalue weighted by molar-refractivity contribution is 5.95. The molecule has 3 amide bonds. The summed E-state index contributed by atoms with van der Waals surface area (Å²) >= 11 is 0. The van der Waals surface area contributed by atoms with Crippen LogP contribution in [0.25, 0.3) is 0 Å². The van der Waals surface area contributed by atoms with Crippen molar-refractivity contribution in [2.75, 3.05) is 6.54 Å². The maximum atomic E-state index is 13.4. The molecule has 0 aliphatic heterocycles. The van der Waals surface area contributed by atoms with E-state index in [1.54, 1.807) is 6.07 Å². The first-order valence-corrected chi connectivity index (χ1v) is 6.73. The first-order chi connectivity index (χ1) is 11.1. The predicted molar refractivity (Wildman–Crippen MR) is 77.7 cm³/mol. The van der Waals surface area contributed by atoms with E-state index in [9.17, 15) is 18.8 Å². The molecular formula is C15H14FN3O4. The van der Waals surface area contributed by atoms with E-state index in [1.807, 2.05) is 0 Å². The fourth-order valence-electron chi connectivity index (χ4n) is 1.69. The van der Waals surface area contributed by atoms with Crippen molar-refractivity contribution in [3.8, 4) is 0 Å². The minimum Gasteiger partial charge on any atom is -0.459 e. The molecule has 0 saturated carbocycles. The Hall–Kier alpha value is -3.16. The number of benzene rings is 1. The summed E-state index contributed by atoms with van der Waals surface area (Å²) in [5.41, 5.74) is 4.05. The average Bonchev–Trinajstić information content (AvgIpc) is 3.07. The number of nitrogens with one attached hydrogen (secondary N) is 3. The molecule has 7 nitrogen and oxygen atoms in total. The Balaban J connectivity index is 1.70. The molecule has 1 aromatic carbocycles. The smallest absolute Gasteiger partial charge is 0.286 e. The lowest BCUT2D eigenvalue weighted by atomic mass is 10.2. The second kappa shape index (κ2) is 7.74. The zero-order valence-electron chi connectivity index (χ0n) is 12.0. The highest BCUT2D eigenvalue weighted by Crippen LogP contribution is 2.05. The van der Waals surface area contributed by atoms with Crippen LogP contribution in [-0.2, 0) is 4.79 Å². The van der Waals surface area contributed by atoms with Crippen LogP contribution in [0, 0.1) is 5.82 Å². The molecule has 0 fully saturated rings. The number of furan rings is 1. The summed E-state index contributed by atoms with van der Waals surface area (Å²) in [6.45, 7) is 0.0565. The maximum absolute atomic E-state index is 13.4. The second-order valence-electron chi connectivity index (χ2n) is 4.47. The Morgan fingerprint density at radius 1 is 1.00 bits per heavy atom. The molecule has 1 aromatic heterocycles. The van der Waals surface area contributed by atoms with Crippen molar-refractivity contribution in [1.29, 1.82) is 0 Å². The van der Waals surface area contributed by atoms with E-state index in [4.69, 9.17) is 4.42 Å². The van der Waals surface area contributed by atoms with Gasteiger partial charge < -0.3 is 9.73 Å². The van der Waals surface area contributed by atoms with Crippen molar-refractivity contribution in [2.45, 2.75) is 6.42 Å².